The third kappa shape index (κ3) is 31.1. The number of halogens is 10. The number of sulfonamides is 3. The molecule has 39 heteroatoms. The van der Waals surface area contributed by atoms with Crippen molar-refractivity contribution in [2.24, 2.45) is 0 Å². The standard InChI is InChI=1S/C22H25Cl2NO5S.C18H17Cl2NO5S.C16H15Cl2NO3S.C12H15NO2.C10H13NO.C6H11BrO2.C6H3Cl3O2S/c1-22(2,3)30-21(26)14-29-13-16-9-8-15-6-4-5-7-20(15)25(16)31(27,28)17-10-11-18(23)19(24)12-17;19-15-8-7-14(9-16(15)20)27(24,25)21-13(10-26-11-18(22)23)6-5-12-3-1-2-4-17(12)21;17-14-8-7-13(9-15(14)18)23(21,22)19-12(10-20)6-5-11-3-1-2-4-16(11)19;1-2-15-12(14)11-8-7-9-5-3-4-6-10(9)13-11;12-7-9-6-5-8-3-1-2-4-10(8)11-9;1-6(2,3)9-5(8)4-7;7-5-2-1-4(3-6(5)8)12(9,10)11/h4-7,10-12,16H,8-9,13-14H2,1-3H3;1-4,7-9,13H,5-6,10-11H2,(H,22,23);1-4,7-9,12,20H,5-6,10H2;3-6,11,13H,2,7-8H2,1H3;1-4,9,11-12H,5-7H2;4H2,1-3H3;1-3H. The third-order valence-electron chi connectivity index (χ3n) is 19.6. The largest absolute Gasteiger partial charge is 0.480 e. The van der Waals surface area contributed by atoms with Crippen LogP contribution in [0.25, 0.3) is 0 Å². The minimum absolute atomic E-state index is 0.0110. The van der Waals surface area contributed by atoms with Gasteiger partial charge in [0.2, 0.25) is 0 Å². The molecular weight excluding hydrogens is 2000 g/mol. The number of alkyl halides is 1. The van der Waals surface area contributed by atoms with Gasteiger partial charge in [0.1, 0.15) is 35.8 Å². The highest BCUT2D eigenvalue weighted by atomic mass is 79.9. The first-order chi connectivity index (χ1) is 60.8. The normalized spacial score (nSPS) is 16.7. The Morgan fingerprint density at radius 2 is 0.752 bits per heavy atom. The predicted octanol–water partition coefficient (Wildman–Crippen LogP) is 20.0. The Morgan fingerprint density at radius 3 is 1.11 bits per heavy atom. The summed E-state index contributed by atoms with van der Waals surface area (Å²) < 4.78 is 132. The van der Waals surface area contributed by atoms with Gasteiger partial charge in [-0.1, -0.05) is 200 Å². The molecule has 5 unspecified atom stereocenters. The zero-order valence-corrected chi connectivity index (χ0v) is 82.8. The number of aliphatic carboxylic acids is 1. The summed E-state index contributed by atoms with van der Waals surface area (Å²) in [6, 6.07) is 53.3. The Balaban J connectivity index is 0.000000193. The molecule has 0 bridgehead atoms. The minimum Gasteiger partial charge on any atom is -0.480 e. The molecule has 5 atom stereocenters. The van der Waals surface area contributed by atoms with Crippen molar-refractivity contribution in [2.75, 3.05) is 75.1 Å². The van der Waals surface area contributed by atoms with Crippen LogP contribution in [0.5, 0.6) is 0 Å². The van der Waals surface area contributed by atoms with Gasteiger partial charge in [-0.25, -0.2) is 48.1 Å². The molecule has 5 aliphatic heterocycles. The van der Waals surface area contributed by atoms with E-state index in [1.54, 1.807) is 57.2 Å². The summed E-state index contributed by atoms with van der Waals surface area (Å²) in [5.41, 5.74) is 8.42. The highest BCUT2D eigenvalue weighted by Gasteiger charge is 2.40. The van der Waals surface area contributed by atoms with Gasteiger partial charge < -0.3 is 49.6 Å². The van der Waals surface area contributed by atoms with Crippen LogP contribution in [-0.2, 0) is 114 Å². The van der Waals surface area contributed by atoms with Crippen LogP contribution >= 0.6 is 119 Å². The number of carbonyl (C=O) groups is 4. The fourth-order valence-corrected chi connectivity index (χ4v) is 21.4. The molecule has 0 radical (unpaired) electrons. The number of esters is 3. The maximum Gasteiger partial charge on any atom is 0.332 e. The maximum atomic E-state index is 13.6. The average Bonchev–Trinajstić information content (AvgIpc) is 0.766. The second kappa shape index (κ2) is 49.0. The lowest BCUT2D eigenvalue weighted by Crippen LogP contribution is -2.46. The summed E-state index contributed by atoms with van der Waals surface area (Å²) >= 11 is 49.9. The number of benzene rings is 9. The number of carbonyl (C=O) groups excluding carboxylic acids is 3. The fraction of sp³-hybridized carbons (Fsp3) is 0.356. The molecule has 5 heterocycles. The van der Waals surface area contributed by atoms with Crippen LogP contribution in [0.3, 0.4) is 0 Å². The first kappa shape index (κ1) is 107. The van der Waals surface area contributed by atoms with Gasteiger partial charge in [-0.3, -0.25) is 17.7 Å². The Kier molecular flexibility index (Phi) is 40.6. The summed E-state index contributed by atoms with van der Waals surface area (Å²) in [4.78, 5) is 44.8. The van der Waals surface area contributed by atoms with Gasteiger partial charge in [0, 0.05) is 28.1 Å². The number of fused-ring (bicyclic) bond motifs is 5. The van der Waals surface area contributed by atoms with E-state index in [4.69, 9.17) is 137 Å². The number of carboxylic acid groups (broad SMARTS) is 1. The average molecular weight is 2100 g/mol. The zero-order valence-electron chi connectivity index (χ0n) is 71.1. The van der Waals surface area contributed by atoms with Crippen molar-refractivity contribution in [2.45, 2.75) is 174 Å². The predicted molar refractivity (Wildman–Crippen MR) is 513 cm³/mol. The summed E-state index contributed by atoms with van der Waals surface area (Å²) in [6.45, 7) is 12.4. The molecule has 698 valence electrons. The molecule has 129 heavy (non-hydrogen) atoms. The topological polar surface area (TPSA) is 345 Å². The summed E-state index contributed by atoms with van der Waals surface area (Å²) in [6.07, 6.45) is 7.59. The van der Waals surface area contributed by atoms with Gasteiger partial charge in [0.15, 0.2) is 0 Å². The molecule has 9 aromatic carbocycles. The number of nitrogens with one attached hydrogen (secondary N) is 2. The fourth-order valence-electron chi connectivity index (χ4n) is 13.8. The van der Waals surface area contributed by atoms with Crippen LogP contribution in [-0.4, -0.2) is 166 Å². The number of nitrogens with zero attached hydrogens (tertiary/aromatic N) is 3. The van der Waals surface area contributed by atoms with Crippen molar-refractivity contribution in [3.8, 4) is 0 Å². The van der Waals surface area contributed by atoms with E-state index in [2.05, 4.69) is 50.8 Å². The van der Waals surface area contributed by atoms with Gasteiger partial charge in [-0.15, -0.1) is 0 Å². The van der Waals surface area contributed by atoms with Crippen LogP contribution in [0.4, 0.5) is 28.4 Å². The van der Waals surface area contributed by atoms with Crippen molar-refractivity contribution >= 4 is 211 Å². The summed E-state index contributed by atoms with van der Waals surface area (Å²) in [5.74, 6) is -1.97. The quantitative estimate of drug-likeness (QED) is 0.0205. The van der Waals surface area contributed by atoms with Crippen molar-refractivity contribution in [1.82, 2.24) is 0 Å². The van der Waals surface area contributed by atoms with E-state index in [0.717, 1.165) is 54.5 Å². The maximum absolute atomic E-state index is 13.6. The van der Waals surface area contributed by atoms with Crippen molar-refractivity contribution in [3.05, 3.63) is 262 Å². The summed E-state index contributed by atoms with van der Waals surface area (Å²) in [5, 5.41) is 35.9. The van der Waals surface area contributed by atoms with Gasteiger partial charge in [-0.2, -0.15) is 0 Å². The number of para-hydroxylation sites is 5. The van der Waals surface area contributed by atoms with Crippen molar-refractivity contribution in [3.63, 3.8) is 0 Å². The molecule has 0 amide bonds. The van der Waals surface area contributed by atoms with Gasteiger partial charge in [0.05, 0.1) is 128 Å². The lowest BCUT2D eigenvalue weighted by atomic mass is 9.98. The smallest absolute Gasteiger partial charge is 0.332 e. The SMILES string of the molecule is CC(C)(C)OC(=O)CBr.CC(C)(C)OC(=O)COCC1CCc2ccccc2N1S(=O)(=O)c1ccc(Cl)c(Cl)c1.CCOC(=O)C1CCc2ccccc2N1.O=C(O)COCC1CCc2ccccc2N1S(=O)(=O)c1ccc(Cl)c(Cl)c1.O=S(=O)(Cl)c1ccc(Cl)c(Cl)c1.O=S(=O)(c1ccc(Cl)c(Cl)c1)N1c2ccccc2CCC1CO.OCC1CCc2ccccc2N1. The Labute approximate surface area is 806 Å². The number of hydrogen-bond donors (Lipinski definition) is 5. The van der Waals surface area contributed by atoms with Crippen LogP contribution in [0, 0.1) is 0 Å². The lowest BCUT2D eigenvalue weighted by molar-refractivity contribution is -0.160. The van der Waals surface area contributed by atoms with Crippen LogP contribution in [0.2, 0.25) is 40.2 Å². The number of aliphatic hydroxyl groups excluding tert-OH is 2. The first-order valence-electron chi connectivity index (χ1n) is 40.4. The number of ether oxygens (including phenoxy) is 5. The molecule has 5 N–H and O–H groups in total. The highest BCUT2D eigenvalue weighted by Crippen LogP contribution is 2.42. The van der Waals surface area contributed by atoms with E-state index in [0.29, 0.717) is 65.8 Å². The molecule has 25 nitrogen and oxygen atoms in total. The van der Waals surface area contributed by atoms with Crippen LogP contribution in [0.1, 0.15) is 108 Å². The molecule has 0 saturated carbocycles. The van der Waals surface area contributed by atoms with E-state index in [-0.39, 0.29) is 118 Å². The van der Waals surface area contributed by atoms with Crippen LogP contribution in [0.15, 0.2) is 214 Å². The number of carboxylic acids is 1. The summed E-state index contributed by atoms with van der Waals surface area (Å²) in [7, 11) is -10.4. The number of aryl methyl sites for hydroxylation is 5. The number of anilines is 5. The molecule has 0 fully saturated rings. The van der Waals surface area contributed by atoms with Gasteiger partial charge >= 0.3 is 23.9 Å². The molecule has 9 aromatic rings. The zero-order chi connectivity index (χ0) is 94.9. The first-order valence-corrected chi connectivity index (χ1v) is 51.2. The molecule has 0 spiro atoms. The number of aliphatic hydroxyl groups is 2. The highest BCUT2D eigenvalue weighted by molar-refractivity contribution is 9.09. The van der Waals surface area contributed by atoms with Crippen LogP contribution < -0.4 is 23.5 Å². The monoisotopic (exact) mass is 2090 g/mol. The second-order valence-corrected chi connectivity index (χ2v) is 43.2. The molecule has 0 saturated heterocycles. The van der Waals surface area contributed by atoms with E-state index >= 15 is 0 Å². The van der Waals surface area contributed by atoms with E-state index in [1.807, 2.05) is 88.4 Å². The third-order valence-corrected chi connectivity index (χ3v) is 30.0. The Bertz CT molecular complexity index is 5860. The Hall–Kier alpha value is -7.41. The number of hydrogen-bond acceptors (Lipinski definition) is 21. The molecular formula is C90H99BrCl9N5O20S4. The minimum atomic E-state index is -3.95. The van der Waals surface area contributed by atoms with Crippen molar-refractivity contribution in [1.29, 1.82) is 0 Å². The lowest BCUT2D eigenvalue weighted by Gasteiger charge is -2.37. The molecule has 5 aliphatic rings. The number of rotatable bonds is 20. The molecule has 0 aliphatic carbocycles. The van der Waals surface area contributed by atoms with E-state index < -0.39 is 81.4 Å². The van der Waals surface area contributed by atoms with Crippen molar-refractivity contribution < 1.29 is 91.9 Å². The second-order valence-electron chi connectivity index (χ2n) is 31.4. The van der Waals surface area contributed by atoms with Gasteiger partial charge in [0.25, 0.3) is 39.1 Å². The van der Waals surface area contributed by atoms with E-state index in [1.165, 1.54) is 103 Å². The molecule has 14 rings (SSSR count). The molecule has 0 aromatic heterocycles. The Morgan fingerprint density at radius 1 is 0.419 bits per heavy atom. The van der Waals surface area contributed by atoms with Gasteiger partial charge in [-0.05, 0) is 244 Å². The van der Waals surface area contributed by atoms with E-state index in [9.17, 15) is 58.0 Å².